The molecule has 1 N–H and O–H groups in total. The third kappa shape index (κ3) is 6.19. The smallest absolute Gasteiger partial charge is 0.126 e. The van der Waals surface area contributed by atoms with Crippen molar-refractivity contribution in [2.75, 3.05) is 26.7 Å². The maximum atomic E-state index is 14.0. The molecule has 1 aromatic rings. The number of rotatable bonds is 9. The Kier molecular flexibility index (Phi) is 8.93. The van der Waals surface area contributed by atoms with E-state index in [2.05, 4.69) is 67.6 Å². The number of nitrogens with zero attached hydrogens (tertiary/aromatic N) is 3. The van der Waals surface area contributed by atoms with Crippen LogP contribution in [0.15, 0.2) is 76.3 Å². The lowest BCUT2D eigenvalue weighted by atomic mass is 9.84. The highest BCUT2D eigenvalue weighted by atomic mass is 19.1. The van der Waals surface area contributed by atoms with Crippen LogP contribution in [0, 0.1) is 29.5 Å². The minimum atomic E-state index is -0.320. The van der Waals surface area contributed by atoms with Crippen LogP contribution in [0.2, 0.25) is 0 Å². The highest BCUT2D eigenvalue weighted by Gasteiger charge is 2.35. The van der Waals surface area contributed by atoms with E-state index in [0.29, 0.717) is 18.0 Å². The molecule has 2 unspecified atom stereocenters. The Morgan fingerprint density at radius 2 is 2.05 bits per heavy atom. The monoisotopic (exact) mass is 504 g/mol. The molecule has 1 fully saturated rings. The number of fused-ring (bicyclic) bond motifs is 1. The standard InChI is InChI=1S/C31H41FN4O/c1-6-21(2)8-7-9-27(23(4)25-10-11-29(32)22(3)18-25)26-14-17-36-30(19-26)28(20-33-36)31(34-37)24-12-15-35(5)16-13-24/h7,9-11,14,17-19,21,24,31,33H,6,8,12-13,15-16,20H2,1-5H3/b9-7-,27-23-. The van der Waals surface area contributed by atoms with Crippen LogP contribution in [0.1, 0.15) is 57.6 Å². The molecule has 0 radical (unpaired) electrons. The van der Waals surface area contributed by atoms with Gasteiger partial charge in [0.1, 0.15) is 11.9 Å². The Morgan fingerprint density at radius 3 is 2.73 bits per heavy atom. The van der Waals surface area contributed by atoms with E-state index in [0.717, 1.165) is 72.3 Å². The Labute approximate surface area is 221 Å². The van der Waals surface area contributed by atoms with Crippen molar-refractivity contribution in [3.8, 4) is 0 Å². The second-order valence-electron chi connectivity index (χ2n) is 10.9. The van der Waals surface area contributed by atoms with E-state index < -0.39 is 0 Å². The number of aryl methyl sites for hydroxylation is 1. The first-order valence-corrected chi connectivity index (χ1v) is 13.6. The zero-order valence-corrected chi connectivity index (χ0v) is 22.9. The van der Waals surface area contributed by atoms with Crippen LogP contribution in [-0.4, -0.2) is 42.6 Å². The van der Waals surface area contributed by atoms with Gasteiger partial charge in [0.15, 0.2) is 0 Å². The molecule has 0 saturated carbocycles. The summed E-state index contributed by atoms with van der Waals surface area (Å²) in [6, 6.07) is 5.00. The number of benzene rings is 1. The van der Waals surface area contributed by atoms with Crippen LogP contribution in [0.5, 0.6) is 0 Å². The summed E-state index contributed by atoms with van der Waals surface area (Å²) in [6.07, 6.45) is 14.9. The predicted molar refractivity (Wildman–Crippen MR) is 151 cm³/mol. The second-order valence-corrected chi connectivity index (χ2v) is 10.9. The third-order valence-corrected chi connectivity index (χ3v) is 8.23. The summed E-state index contributed by atoms with van der Waals surface area (Å²) in [4.78, 5) is 14.4. The Bertz CT molecular complexity index is 1150. The molecule has 1 aromatic carbocycles. The molecule has 37 heavy (non-hydrogen) atoms. The molecule has 0 amide bonds. The first-order valence-electron chi connectivity index (χ1n) is 13.6. The van der Waals surface area contributed by atoms with Crippen molar-refractivity contribution in [1.29, 1.82) is 0 Å². The van der Waals surface area contributed by atoms with Gasteiger partial charge in [-0.3, -0.25) is 5.01 Å². The molecule has 4 rings (SSSR count). The average molecular weight is 505 g/mol. The number of nitrogens with one attached hydrogen (secondary N) is 1. The van der Waals surface area contributed by atoms with Crippen LogP contribution in [-0.2, 0) is 0 Å². The van der Waals surface area contributed by atoms with Gasteiger partial charge in [0.2, 0.25) is 0 Å². The lowest BCUT2D eigenvalue weighted by Gasteiger charge is -2.32. The molecule has 3 aliphatic rings. The topological polar surface area (TPSA) is 47.9 Å². The number of nitroso groups, excluding NO2 is 1. The molecule has 1 saturated heterocycles. The Hall–Kier alpha value is -2.83. The predicted octanol–water partition coefficient (Wildman–Crippen LogP) is 6.90. The molecule has 0 aromatic heterocycles. The normalized spacial score (nSPS) is 21.2. The summed E-state index contributed by atoms with van der Waals surface area (Å²) < 4.78 is 14.0. The van der Waals surface area contributed by atoms with E-state index in [9.17, 15) is 9.30 Å². The van der Waals surface area contributed by atoms with Crippen molar-refractivity contribution in [1.82, 2.24) is 15.3 Å². The number of piperidine rings is 1. The minimum Gasteiger partial charge on any atom is -0.306 e. The fourth-order valence-corrected chi connectivity index (χ4v) is 5.40. The number of hydrogen-bond acceptors (Lipinski definition) is 5. The van der Waals surface area contributed by atoms with Gasteiger partial charge in [-0.1, -0.05) is 43.7 Å². The van der Waals surface area contributed by atoms with E-state index in [1.54, 1.807) is 13.0 Å². The van der Waals surface area contributed by atoms with E-state index >= 15 is 0 Å². The molecule has 3 aliphatic heterocycles. The van der Waals surface area contributed by atoms with Gasteiger partial charge in [-0.15, -0.1) is 0 Å². The molecule has 0 spiro atoms. The van der Waals surface area contributed by atoms with Gasteiger partial charge in [0, 0.05) is 12.7 Å². The zero-order chi connectivity index (χ0) is 26.5. The van der Waals surface area contributed by atoms with Crippen molar-refractivity contribution < 1.29 is 4.39 Å². The lowest BCUT2D eigenvalue weighted by molar-refractivity contribution is 0.207. The van der Waals surface area contributed by atoms with Crippen LogP contribution in [0.3, 0.4) is 0 Å². The first kappa shape index (κ1) is 27.2. The summed E-state index contributed by atoms with van der Waals surface area (Å²) in [5.74, 6) is 0.695. The van der Waals surface area contributed by atoms with Gasteiger partial charge in [0.25, 0.3) is 0 Å². The van der Waals surface area contributed by atoms with Gasteiger partial charge >= 0.3 is 0 Å². The third-order valence-electron chi connectivity index (χ3n) is 8.23. The number of hydrogen-bond donors (Lipinski definition) is 1. The van der Waals surface area contributed by atoms with E-state index in [-0.39, 0.29) is 17.8 Å². The Morgan fingerprint density at radius 1 is 1.30 bits per heavy atom. The van der Waals surface area contributed by atoms with Crippen LogP contribution in [0.25, 0.3) is 5.57 Å². The van der Waals surface area contributed by atoms with Gasteiger partial charge in [-0.2, -0.15) is 4.91 Å². The van der Waals surface area contributed by atoms with E-state index in [1.165, 1.54) is 0 Å². The maximum Gasteiger partial charge on any atom is 0.126 e. The fraction of sp³-hybridized carbons (Fsp3) is 0.484. The van der Waals surface area contributed by atoms with Crippen LogP contribution in [0.4, 0.5) is 4.39 Å². The van der Waals surface area contributed by atoms with Gasteiger partial charge in [-0.25, -0.2) is 9.82 Å². The Balaban J connectivity index is 1.74. The summed E-state index contributed by atoms with van der Waals surface area (Å²) in [7, 11) is 2.13. The molecule has 6 heteroatoms. The maximum absolute atomic E-state index is 14.0. The van der Waals surface area contributed by atoms with Crippen molar-refractivity contribution >= 4 is 5.57 Å². The molecule has 2 atom stereocenters. The van der Waals surface area contributed by atoms with Crippen molar-refractivity contribution in [2.24, 2.45) is 17.0 Å². The molecular formula is C31H41FN4O. The molecule has 0 bridgehead atoms. The second kappa shape index (κ2) is 12.1. The molecule has 3 heterocycles. The fourth-order valence-electron chi connectivity index (χ4n) is 5.40. The summed E-state index contributed by atoms with van der Waals surface area (Å²) in [5, 5.41) is 5.67. The number of allylic oxidation sites excluding steroid dienone is 7. The number of hydrazine groups is 1. The minimum absolute atomic E-state index is 0.189. The number of likely N-dealkylation sites (tertiary alicyclic amines) is 1. The van der Waals surface area contributed by atoms with Crippen molar-refractivity contribution in [3.63, 3.8) is 0 Å². The average Bonchev–Trinajstić information content (AvgIpc) is 3.32. The van der Waals surface area contributed by atoms with Crippen molar-refractivity contribution in [3.05, 3.63) is 93.0 Å². The molecular weight excluding hydrogens is 463 g/mol. The highest BCUT2D eigenvalue weighted by Crippen LogP contribution is 2.36. The van der Waals surface area contributed by atoms with Gasteiger partial charge in [0.05, 0.1) is 5.70 Å². The van der Waals surface area contributed by atoms with Gasteiger partial charge < -0.3 is 4.90 Å². The van der Waals surface area contributed by atoms with Crippen LogP contribution >= 0.6 is 0 Å². The summed E-state index contributed by atoms with van der Waals surface area (Å²) in [6.45, 7) is 11.0. The zero-order valence-electron chi connectivity index (χ0n) is 22.9. The largest absolute Gasteiger partial charge is 0.306 e. The quantitative estimate of drug-likeness (QED) is 0.293. The molecule has 198 valence electrons. The van der Waals surface area contributed by atoms with E-state index in [4.69, 9.17) is 0 Å². The lowest BCUT2D eigenvalue weighted by Crippen LogP contribution is -2.36. The highest BCUT2D eigenvalue weighted by molar-refractivity contribution is 5.76. The summed E-state index contributed by atoms with van der Waals surface area (Å²) in [5.41, 5.74) is 10.5. The number of halogens is 1. The van der Waals surface area contributed by atoms with E-state index in [1.807, 2.05) is 23.3 Å². The van der Waals surface area contributed by atoms with Crippen molar-refractivity contribution in [2.45, 2.75) is 59.4 Å². The first-order chi connectivity index (χ1) is 17.8. The SMILES string of the molecule is CCC(C)C/C=C\C(C1=CC2=C(C(N=O)C3CCN(C)CC3)CNN2C=C1)=C(/C)c1ccc(F)c(C)c1. The van der Waals surface area contributed by atoms with Gasteiger partial charge in [-0.05, 0) is 123 Å². The van der Waals surface area contributed by atoms with Crippen LogP contribution < -0.4 is 5.43 Å². The summed E-state index contributed by atoms with van der Waals surface area (Å²) >= 11 is 0. The molecule has 5 nitrogen and oxygen atoms in total. The molecule has 0 aliphatic carbocycles.